The van der Waals surface area contributed by atoms with E-state index in [1.807, 2.05) is 24.3 Å². The smallest absolute Gasteiger partial charge is 0.119 e. The van der Waals surface area contributed by atoms with E-state index in [0.717, 1.165) is 34.2 Å². The van der Waals surface area contributed by atoms with Crippen LogP contribution in [0.5, 0.6) is 5.75 Å². The molecule has 3 rings (SSSR count). The molecule has 0 amide bonds. The minimum atomic E-state index is 0.854. The van der Waals surface area contributed by atoms with Gasteiger partial charge in [0.05, 0.1) is 7.11 Å². The first-order valence-corrected chi connectivity index (χ1v) is 6.67. The molecule has 0 aliphatic heterocycles. The molecule has 0 bridgehead atoms. The third-order valence-electron chi connectivity index (χ3n) is 3.60. The Morgan fingerprint density at radius 2 is 1.75 bits per heavy atom. The highest BCUT2D eigenvalue weighted by molar-refractivity contribution is 5.95. The predicted octanol–water partition coefficient (Wildman–Crippen LogP) is 4.02. The van der Waals surface area contributed by atoms with Crippen LogP contribution in [-0.2, 0) is 6.42 Å². The average molecular weight is 263 g/mol. The fourth-order valence-electron chi connectivity index (χ4n) is 2.47. The summed E-state index contributed by atoms with van der Waals surface area (Å²) < 4.78 is 5.25. The molecule has 0 saturated carbocycles. The Hall–Kier alpha value is -2.48. The van der Waals surface area contributed by atoms with E-state index < -0.39 is 0 Å². The molecule has 0 fully saturated rings. The molecule has 0 saturated heterocycles. The van der Waals surface area contributed by atoms with Crippen LogP contribution in [-0.4, -0.2) is 7.11 Å². The van der Waals surface area contributed by atoms with Crippen LogP contribution in [0.25, 0.3) is 10.8 Å². The van der Waals surface area contributed by atoms with Gasteiger partial charge >= 0.3 is 0 Å². The van der Waals surface area contributed by atoms with E-state index in [9.17, 15) is 0 Å². The molecule has 3 aromatic rings. The van der Waals surface area contributed by atoms with Gasteiger partial charge in [0.1, 0.15) is 5.75 Å². The molecule has 0 aliphatic carbocycles. The van der Waals surface area contributed by atoms with Crippen molar-refractivity contribution in [1.29, 1.82) is 0 Å². The average Bonchev–Trinajstić information content (AvgIpc) is 2.51. The second kappa shape index (κ2) is 5.25. The molecular formula is C18H17NO. The Labute approximate surface area is 118 Å². The highest BCUT2D eigenvalue weighted by Gasteiger charge is 2.06. The van der Waals surface area contributed by atoms with E-state index in [4.69, 9.17) is 10.5 Å². The van der Waals surface area contributed by atoms with Gasteiger partial charge in [-0.1, -0.05) is 42.5 Å². The maximum Gasteiger partial charge on any atom is 0.119 e. The maximum atomic E-state index is 6.32. The summed E-state index contributed by atoms with van der Waals surface area (Å²) in [5.74, 6) is 0.854. The van der Waals surface area contributed by atoms with Crippen LogP contribution in [0.4, 0.5) is 5.69 Å². The molecule has 0 atom stereocenters. The minimum Gasteiger partial charge on any atom is -0.497 e. The molecule has 2 heteroatoms. The van der Waals surface area contributed by atoms with Gasteiger partial charge < -0.3 is 10.5 Å². The van der Waals surface area contributed by atoms with Crippen LogP contribution in [0.1, 0.15) is 11.1 Å². The van der Waals surface area contributed by atoms with Gasteiger partial charge in [0.25, 0.3) is 0 Å². The summed E-state index contributed by atoms with van der Waals surface area (Å²) in [7, 11) is 1.67. The standard InChI is InChI=1S/C18H17NO/c1-20-16-9-10-17-14(12-16)7-8-15(18(17)19)11-13-5-3-2-4-6-13/h2-10,12H,11,19H2,1H3. The normalized spacial score (nSPS) is 10.7. The summed E-state index contributed by atoms with van der Waals surface area (Å²) >= 11 is 0. The first kappa shape index (κ1) is 12.5. The quantitative estimate of drug-likeness (QED) is 0.724. The first-order valence-electron chi connectivity index (χ1n) is 6.67. The van der Waals surface area contributed by atoms with Crippen molar-refractivity contribution in [2.45, 2.75) is 6.42 Å². The summed E-state index contributed by atoms with van der Waals surface area (Å²) in [6, 6.07) is 20.6. The number of benzene rings is 3. The van der Waals surface area contributed by atoms with Gasteiger partial charge in [-0.05, 0) is 41.1 Å². The van der Waals surface area contributed by atoms with Crippen molar-refractivity contribution in [1.82, 2.24) is 0 Å². The molecule has 100 valence electrons. The Morgan fingerprint density at radius 3 is 2.50 bits per heavy atom. The highest BCUT2D eigenvalue weighted by atomic mass is 16.5. The van der Waals surface area contributed by atoms with Crippen molar-refractivity contribution >= 4 is 16.5 Å². The number of nitrogen functional groups attached to an aromatic ring is 1. The van der Waals surface area contributed by atoms with Crippen LogP contribution in [0.15, 0.2) is 60.7 Å². The molecule has 0 radical (unpaired) electrons. The SMILES string of the molecule is COc1ccc2c(N)c(Cc3ccccc3)ccc2c1. The third kappa shape index (κ3) is 2.32. The number of hydrogen-bond donors (Lipinski definition) is 1. The molecule has 0 heterocycles. The second-order valence-corrected chi connectivity index (χ2v) is 4.89. The van der Waals surface area contributed by atoms with Gasteiger partial charge in [0.15, 0.2) is 0 Å². The fraction of sp³-hybridized carbons (Fsp3) is 0.111. The molecule has 0 unspecified atom stereocenters. The maximum absolute atomic E-state index is 6.32. The second-order valence-electron chi connectivity index (χ2n) is 4.89. The van der Waals surface area contributed by atoms with Crippen LogP contribution < -0.4 is 10.5 Å². The Bertz CT molecular complexity index is 735. The van der Waals surface area contributed by atoms with E-state index in [0.29, 0.717) is 0 Å². The Balaban J connectivity index is 2.03. The topological polar surface area (TPSA) is 35.2 Å². The lowest BCUT2D eigenvalue weighted by molar-refractivity contribution is 0.415. The van der Waals surface area contributed by atoms with E-state index >= 15 is 0 Å². The lowest BCUT2D eigenvalue weighted by Gasteiger charge is -2.10. The summed E-state index contributed by atoms with van der Waals surface area (Å²) in [5, 5.41) is 2.19. The first-order chi connectivity index (χ1) is 9.78. The number of nitrogens with two attached hydrogens (primary N) is 1. The Kier molecular flexibility index (Phi) is 3.30. The van der Waals surface area contributed by atoms with E-state index in [1.165, 1.54) is 5.56 Å². The zero-order chi connectivity index (χ0) is 13.9. The molecule has 0 aromatic heterocycles. The molecule has 0 aliphatic rings. The monoisotopic (exact) mass is 263 g/mol. The summed E-state index contributed by atoms with van der Waals surface area (Å²) in [6.07, 6.45) is 0.856. The van der Waals surface area contributed by atoms with E-state index in [2.05, 4.69) is 36.4 Å². The molecule has 3 aromatic carbocycles. The van der Waals surface area contributed by atoms with Crippen molar-refractivity contribution in [3.63, 3.8) is 0 Å². The van der Waals surface area contributed by atoms with Gasteiger partial charge in [-0.2, -0.15) is 0 Å². The minimum absolute atomic E-state index is 0.854. The zero-order valence-electron chi connectivity index (χ0n) is 11.5. The van der Waals surface area contributed by atoms with Crippen LogP contribution in [0.2, 0.25) is 0 Å². The van der Waals surface area contributed by atoms with Crippen molar-refractivity contribution in [2.75, 3.05) is 12.8 Å². The molecule has 2 N–H and O–H groups in total. The third-order valence-corrected chi connectivity index (χ3v) is 3.60. The lowest BCUT2D eigenvalue weighted by Crippen LogP contribution is -1.97. The van der Waals surface area contributed by atoms with Crippen molar-refractivity contribution in [3.05, 3.63) is 71.8 Å². The number of methoxy groups -OCH3 is 1. The van der Waals surface area contributed by atoms with Crippen LogP contribution in [0, 0.1) is 0 Å². The van der Waals surface area contributed by atoms with Gasteiger partial charge in [-0.3, -0.25) is 0 Å². The van der Waals surface area contributed by atoms with Gasteiger partial charge in [0.2, 0.25) is 0 Å². The number of rotatable bonds is 3. The summed E-state index contributed by atoms with van der Waals surface area (Å²) in [5.41, 5.74) is 9.60. The van der Waals surface area contributed by atoms with Gasteiger partial charge in [-0.25, -0.2) is 0 Å². The van der Waals surface area contributed by atoms with E-state index in [-0.39, 0.29) is 0 Å². The van der Waals surface area contributed by atoms with Crippen molar-refractivity contribution in [2.24, 2.45) is 0 Å². The lowest BCUT2D eigenvalue weighted by atomic mass is 9.99. The Morgan fingerprint density at radius 1 is 0.950 bits per heavy atom. The van der Waals surface area contributed by atoms with Crippen LogP contribution in [0.3, 0.4) is 0 Å². The molecule has 0 spiro atoms. The van der Waals surface area contributed by atoms with Crippen molar-refractivity contribution in [3.8, 4) is 5.75 Å². The number of anilines is 1. The van der Waals surface area contributed by atoms with Gasteiger partial charge in [0, 0.05) is 11.1 Å². The fourth-order valence-corrected chi connectivity index (χ4v) is 2.47. The highest BCUT2D eigenvalue weighted by Crippen LogP contribution is 2.29. The zero-order valence-corrected chi connectivity index (χ0v) is 11.5. The van der Waals surface area contributed by atoms with Crippen molar-refractivity contribution < 1.29 is 4.74 Å². The summed E-state index contributed by atoms with van der Waals surface area (Å²) in [4.78, 5) is 0. The van der Waals surface area contributed by atoms with Gasteiger partial charge in [-0.15, -0.1) is 0 Å². The van der Waals surface area contributed by atoms with E-state index in [1.54, 1.807) is 7.11 Å². The number of hydrogen-bond acceptors (Lipinski definition) is 2. The molecule has 2 nitrogen and oxygen atoms in total. The molecular weight excluding hydrogens is 246 g/mol. The molecule has 20 heavy (non-hydrogen) atoms. The van der Waals surface area contributed by atoms with Crippen LogP contribution >= 0.6 is 0 Å². The largest absolute Gasteiger partial charge is 0.497 e. The predicted molar refractivity (Wildman–Crippen MR) is 84.2 cm³/mol. The number of ether oxygens (including phenoxy) is 1. The number of fused-ring (bicyclic) bond motifs is 1. The summed E-state index contributed by atoms with van der Waals surface area (Å²) in [6.45, 7) is 0.